The van der Waals surface area contributed by atoms with Crippen LogP contribution < -0.4 is 15.0 Å². The van der Waals surface area contributed by atoms with Crippen molar-refractivity contribution in [1.29, 1.82) is 0 Å². The lowest BCUT2D eigenvalue weighted by Crippen LogP contribution is -2.54. The van der Waals surface area contributed by atoms with Crippen molar-refractivity contribution in [2.24, 2.45) is 5.92 Å². The minimum atomic E-state index is -3.89. The maximum atomic E-state index is 13.8. The van der Waals surface area contributed by atoms with Gasteiger partial charge in [0.1, 0.15) is 11.6 Å². The number of halogens is 1. The van der Waals surface area contributed by atoms with Crippen molar-refractivity contribution >= 4 is 27.5 Å². The number of hydrogen-bond donors (Lipinski definition) is 1. The van der Waals surface area contributed by atoms with Crippen LogP contribution in [0.25, 0.3) is 0 Å². The smallest absolute Gasteiger partial charge is 0.262 e. The Bertz CT molecular complexity index is 1430. The third kappa shape index (κ3) is 5.97. The van der Waals surface area contributed by atoms with Crippen molar-refractivity contribution in [1.82, 2.24) is 9.62 Å². The van der Waals surface area contributed by atoms with Crippen LogP contribution in [0.5, 0.6) is 5.75 Å². The van der Waals surface area contributed by atoms with Gasteiger partial charge in [0.2, 0.25) is 15.9 Å². The number of ether oxygens (including phenoxy) is 1. The Morgan fingerprint density at radius 3 is 2.44 bits per heavy atom. The maximum absolute atomic E-state index is 13.8. The van der Waals surface area contributed by atoms with Crippen molar-refractivity contribution in [3.8, 4) is 5.75 Å². The number of para-hydroxylation sites is 2. The lowest BCUT2D eigenvalue weighted by molar-refractivity contribution is -0.129. The van der Waals surface area contributed by atoms with E-state index in [1.165, 1.54) is 16.4 Å². The number of carbonyl (C=O) groups is 2. The Kier molecular flexibility index (Phi) is 7.94. The molecule has 1 saturated heterocycles. The maximum Gasteiger partial charge on any atom is 0.262 e. The first-order valence-electron chi connectivity index (χ1n) is 13.0. The van der Waals surface area contributed by atoms with Crippen LogP contribution in [0.3, 0.4) is 0 Å². The van der Waals surface area contributed by atoms with Gasteiger partial charge in [0.05, 0.1) is 23.0 Å². The molecular formula is C29H30FN3O5S. The van der Waals surface area contributed by atoms with Gasteiger partial charge in [-0.25, -0.2) is 12.8 Å². The molecule has 8 nitrogen and oxygen atoms in total. The lowest BCUT2D eigenvalue weighted by atomic mass is 9.97. The second-order valence-electron chi connectivity index (χ2n) is 9.71. The Labute approximate surface area is 227 Å². The summed E-state index contributed by atoms with van der Waals surface area (Å²) >= 11 is 0. The van der Waals surface area contributed by atoms with Gasteiger partial charge in [0.15, 0.2) is 6.10 Å². The van der Waals surface area contributed by atoms with Gasteiger partial charge in [-0.1, -0.05) is 42.5 Å². The zero-order valence-electron chi connectivity index (χ0n) is 21.3. The SMILES string of the molecule is O=C(NCCc1ccccc1)[C@@H]1CN(C(=O)[C@@H]2CCCN(S(=O)(=O)c3ccc(F)cc3)C2)c2ccccc2O1. The molecule has 2 amide bonds. The first-order chi connectivity index (χ1) is 18.8. The van der Waals surface area contributed by atoms with Crippen molar-refractivity contribution < 1.29 is 27.1 Å². The van der Waals surface area contributed by atoms with Crippen molar-refractivity contribution in [3.63, 3.8) is 0 Å². The number of carbonyl (C=O) groups excluding carboxylic acids is 2. The number of fused-ring (bicyclic) bond motifs is 1. The molecule has 0 bridgehead atoms. The second-order valence-corrected chi connectivity index (χ2v) is 11.6. The standard InChI is InChI=1S/C29H30FN3O5S/c30-23-12-14-24(15-13-23)39(36,37)32-18-6-9-22(19-32)29(35)33-20-27(38-26-11-5-4-10-25(26)33)28(34)31-17-16-21-7-2-1-3-8-21/h1-5,7-8,10-15,22,27H,6,9,16-20H2,(H,31,34)/t22-,27+/m1/s1. The molecule has 204 valence electrons. The zero-order valence-corrected chi connectivity index (χ0v) is 22.1. The molecule has 5 rings (SSSR count). The summed E-state index contributed by atoms with van der Waals surface area (Å²) in [6, 6.07) is 21.5. The van der Waals surface area contributed by atoms with Gasteiger partial charge in [-0.3, -0.25) is 9.59 Å². The number of anilines is 1. The van der Waals surface area contributed by atoms with Crippen LogP contribution in [0.1, 0.15) is 18.4 Å². The van der Waals surface area contributed by atoms with Crippen LogP contribution >= 0.6 is 0 Å². The molecule has 3 aromatic rings. The fourth-order valence-electron chi connectivity index (χ4n) is 5.01. The van der Waals surface area contributed by atoms with Gasteiger partial charge >= 0.3 is 0 Å². The molecular weight excluding hydrogens is 521 g/mol. The summed E-state index contributed by atoms with van der Waals surface area (Å²) in [7, 11) is -3.89. The first kappa shape index (κ1) is 26.8. The Morgan fingerprint density at radius 2 is 1.67 bits per heavy atom. The molecule has 2 aliphatic rings. The van der Waals surface area contributed by atoms with Gasteiger partial charge in [-0.2, -0.15) is 4.31 Å². The van der Waals surface area contributed by atoms with Crippen molar-refractivity contribution in [3.05, 3.63) is 90.2 Å². The summed E-state index contributed by atoms with van der Waals surface area (Å²) in [4.78, 5) is 28.4. The highest BCUT2D eigenvalue weighted by Gasteiger charge is 2.39. The molecule has 2 atom stereocenters. The van der Waals surface area contributed by atoms with Crippen LogP contribution in [-0.2, 0) is 26.0 Å². The number of nitrogens with zero attached hydrogens (tertiary/aromatic N) is 2. The summed E-state index contributed by atoms with van der Waals surface area (Å²) in [5.74, 6) is -1.27. The highest BCUT2D eigenvalue weighted by Crippen LogP contribution is 2.35. The molecule has 1 N–H and O–H groups in total. The van der Waals surface area contributed by atoms with Crippen molar-refractivity contribution in [2.75, 3.05) is 31.1 Å². The van der Waals surface area contributed by atoms with E-state index in [2.05, 4.69) is 5.32 Å². The summed E-state index contributed by atoms with van der Waals surface area (Å²) < 4.78 is 47.0. The van der Waals surface area contributed by atoms with E-state index in [1.54, 1.807) is 29.2 Å². The molecule has 0 spiro atoms. The fourth-order valence-corrected chi connectivity index (χ4v) is 6.53. The third-order valence-corrected chi connectivity index (χ3v) is 8.95. The van der Waals surface area contributed by atoms with E-state index in [9.17, 15) is 22.4 Å². The largest absolute Gasteiger partial charge is 0.477 e. The molecule has 0 aliphatic carbocycles. The third-order valence-electron chi connectivity index (χ3n) is 7.07. The normalized spacial score (nSPS) is 19.6. The Balaban J connectivity index is 1.29. The summed E-state index contributed by atoms with van der Waals surface area (Å²) in [6.07, 6.45) is 0.787. The number of piperidine rings is 1. The van der Waals surface area contributed by atoms with E-state index in [0.717, 1.165) is 17.7 Å². The number of hydrogen-bond acceptors (Lipinski definition) is 5. The van der Waals surface area contributed by atoms with E-state index in [1.807, 2.05) is 30.3 Å². The predicted molar refractivity (Wildman–Crippen MR) is 144 cm³/mol. The highest BCUT2D eigenvalue weighted by atomic mass is 32.2. The molecule has 0 unspecified atom stereocenters. The van der Waals surface area contributed by atoms with E-state index >= 15 is 0 Å². The molecule has 39 heavy (non-hydrogen) atoms. The van der Waals surface area contributed by atoms with E-state index in [-0.39, 0.29) is 36.3 Å². The zero-order chi connectivity index (χ0) is 27.4. The number of amides is 2. The van der Waals surface area contributed by atoms with E-state index in [4.69, 9.17) is 4.74 Å². The van der Waals surface area contributed by atoms with Crippen LogP contribution in [0.15, 0.2) is 83.8 Å². The van der Waals surface area contributed by atoms with Crippen molar-refractivity contribution in [2.45, 2.75) is 30.3 Å². The molecule has 2 heterocycles. The monoisotopic (exact) mass is 551 g/mol. The molecule has 3 aromatic carbocycles. The lowest BCUT2D eigenvalue weighted by Gasteiger charge is -2.38. The molecule has 10 heteroatoms. The summed E-state index contributed by atoms with van der Waals surface area (Å²) in [5.41, 5.74) is 1.65. The molecule has 0 saturated carbocycles. The van der Waals surface area contributed by atoms with Gasteiger partial charge in [-0.15, -0.1) is 0 Å². The van der Waals surface area contributed by atoms with Crippen LogP contribution in [0, 0.1) is 11.7 Å². The molecule has 1 fully saturated rings. The Morgan fingerprint density at radius 1 is 0.949 bits per heavy atom. The molecule has 0 radical (unpaired) electrons. The van der Waals surface area contributed by atoms with Gasteiger partial charge < -0.3 is 15.0 Å². The average molecular weight is 552 g/mol. The Hall–Kier alpha value is -3.76. The van der Waals surface area contributed by atoms with Crippen LogP contribution in [0.2, 0.25) is 0 Å². The van der Waals surface area contributed by atoms with E-state index < -0.39 is 27.9 Å². The second kappa shape index (κ2) is 11.5. The topological polar surface area (TPSA) is 96.0 Å². The minimum Gasteiger partial charge on any atom is -0.477 e. The number of rotatable bonds is 7. The van der Waals surface area contributed by atoms with Gasteiger partial charge in [0.25, 0.3) is 5.91 Å². The minimum absolute atomic E-state index is 0.00596. The predicted octanol–water partition coefficient (Wildman–Crippen LogP) is 3.38. The first-order valence-corrected chi connectivity index (χ1v) is 14.4. The van der Waals surface area contributed by atoms with Gasteiger partial charge in [0, 0.05) is 19.6 Å². The van der Waals surface area contributed by atoms with Crippen LogP contribution in [-0.4, -0.2) is 56.8 Å². The average Bonchev–Trinajstić information content (AvgIpc) is 2.97. The molecule has 0 aromatic heterocycles. The van der Waals surface area contributed by atoms with Crippen LogP contribution in [0.4, 0.5) is 10.1 Å². The quantitative estimate of drug-likeness (QED) is 0.486. The fraction of sp³-hybridized carbons (Fsp3) is 0.310. The van der Waals surface area contributed by atoms with Gasteiger partial charge in [-0.05, 0) is 61.2 Å². The highest BCUT2D eigenvalue weighted by molar-refractivity contribution is 7.89. The number of benzene rings is 3. The molecule has 2 aliphatic heterocycles. The number of nitrogens with one attached hydrogen (secondary N) is 1. The van der Waals surface area contributed by atoms with E-state index in [0.29, 0.717) is 37.2 Å². The number of sulfonamides is 1. The summed E-state index contributed by atoms with van der Waals surface area (Å²) in [5, 5.41) is 2.90. The summed E-state index contributed by atoms with van der Waals surface area (Å²) in [6.45, 7) is 0.729.